The number of nitrogens with one attached hydrogen (secondary N) is 1. The Morgan fingerprint density at radius 1 is 1.35 bits per heavy atom. The Kier molecular flexibility index (Phi) is 4.49. The maximum absolute atomic E-state index is 13.5. The molecule has 0 bridgehead atoms. The highest BCUT2D eigenvalue weighted by molar-refractivity contribution is 9.10. The molecule has 2 aromatic rings. The molecule has 0 heterocycles. The van der Waals surface area contributed by atoms with Gasteiger partial charge in [-0.3, -0.25) is 0 Å². The van der Waals surface area contributed by atoms with E-state index in [0.717, 1.165) is 5.56 Å². The van der Waals surface area contributed by atoms with E-state index in [9.17, 15) is 9.50 Å². The Bertz CT molecular complexity index is 632. The van der Waals surface area contributed by atoms with Gasteiger partial charge in [0, 0.05) is 17.8 Å². The zero-order chi connectivity index (χ0) is 14.7. The smallest absolute Gasteiger partial charge is 0.162 e. The molecule has 0 fully saturated rings. The van der Waals surface area contributed by atoms with Crippen LogP contribution < -0.4 is 10.1 Å². The maximum Gasteiger partial charge on any atom is 0.162 e. The molecular weight excluding hydrogens is 325 g/mol. The summed E-state index contributed by atoms with van der Waals surface area (Å²) in [6.45, 7) is 2.27. The number of phenolic OH excluding ortho intramolecular Hbond substituents is 1. The van der Waals surface area contributed by atoms with Crippen molar-refractivity contribution in [1.29, 1.82) is 0 Å². The Morgan fingerprint density at radius 2 is 2.10 bits per heavy atom. The number of ether oxygens (including phenoxy) is 1. The van der Waals surface area contributed by atoms with E-state index in [-0.39, 0.29) is 11.6 Å². The van der Waals surface area contributed by atoms with Crippen molar-refractivity contribution in [2.45, 2.75) is 13.5 Å². The number of anilines is 1. The second-order valence-electron chi connectivity index (χ2n) is 4.40. The van der Waals surface area contributed by atoms with Crippen LogP contribution in [0.3, 0.4) is 0 Å². The van der Waals surface area contributed by atoms with Crippen molar-refractivity contribution in [2.75, 3.05) is 12.4 Å². The standard InChI is InChI=1S/C15H15BrFNO2/c1-9-6-11(16)12(17)7-13(9)18-8-10-4-3-5-14(20-2)15(10)19/h3-7,18-19H,8H2,1-2H3. The summed E-state index contributed by atoms with van der Waals surface area (Å²) in [7, 11) is 1.50. The van der Waals surface area contributed by atoms with Crippen LogP contribution in [0.15, 0.2) is 34.8 Å². The quantitative estimate of drug-likeness (QED) is 0.876. The first kappa shape index (κ1) is 14.7. The molecule has 0 radical (unpaired) electrons. The molecule has 0 amide bonds. The van der Waals surface area contributed by atoms with Gasteiger partial charge in [-0.15, -0.1) is 0 Å². The normalized spacial score (nSPS) is 10.4. The topological polar surface area (TPSA) is 41.5 Å². The van der Waals surface area contributed by atoms with E-state index in [1.807, 2.05) is 6.92 Å². The number of rotatable bonds is 4. The number of benzene rings is 2. The van der Waals surface area contributed by atoms with Crippen molar-refractivity contribution in [3.8, 4) is 11.5 Å². The second kappa shape index (κ2) is 6.13. The number of halogens is 2. The van der Waals surface area contributed by atoms with E-state index in [1.54, 1.807) is 24.3 Å². The molecule has 0 aliphatic carbocycles. The molecule has 106 valence electrons. The summed E-state index contributed by atoms with van der Waals surface area (Å²) >= 11 is 3.15. The van der Waals surface area contributed by atoms with Crippen LogP contribution in [-0.2, 0) is 6.54 Å². The molecule has 2 aromatic carbocycles. The number of phenols is 1. The maximum atomic E-state index is 13.5. The van der Waals surface area contributed by atoms with E-state index >= 15 is 0 Å². The largest absolute Gasteiger partial charge is 0.504 e. The van der Waals surface area contributed by atoms with Crippen molar-refractivity contribution in [2.24, 2.45) is 0 Å². The predicted octanol–water partition coefficient (Wildman–Crippen LogP) is 4.22. The third kappa shape index (κ3) is 3.04. The van der Waals surface area contributed by atoms with E-state index in [0.29, 0.717) is 28.0 Å². The van der Waals surface area contributed by atoms with Crippen molar-refractivity contribution in [3.63, 3.8) is 0 Å². The van der Waals surface area contributed by atoms with Crippen LogP contribution in [0, 0.1) is 12.7 Å². The summed E-state index contributed by atoms with van der Waals surface area (Å²) in [6, 6.07) is 8.41. The fraction of sp³-hybridized carbons (Fsp3) is 0.200. The monoisotopic (exact) mass is 339 g/mol. The minimum Gasteiger partial charge on any atom is -0.504 e. The number of methoxy groups -OCH3 is 1. The van der Waals surface area contributed by atoms with Gasteiger partial charge in [0.2, 0.25) is 0 Å². The van der Waals surface area contributed by atoms with Crippen LogP contribution in [0.5, 0.6) is 11.5 Å². The molecule has 0 spiro atoms. The predicted molar refractivity (Wildman–Crippen MR) is 80.8 cm³/mol. The van der Waals surface area contributed by atoms with Gasteiger partial charge in [0.1, 0.15) is 5.82 Å². The molecule has 0 atom stereocenters. The molecule has 5 heteroatoms. The first-order valence-electron chi connectivity index (χ1n) is 6.07. The molecule has 0 aliphatic heterocycles. The lowest BCUT2D eigenvalue weighted by atomic mass is 10.1. The zero-order valence-corrected chi connectivity index (χ0v) is 12.8. The van der Waals surface area contributed by atoms with Gasteiger partial charge < -0.3 is 15.2 Å². The molecular formula is C15H15BrFNO2. The molecule has 0 aliphatic rings. The van der Waals surface area contributed by atoms with E-state index in [1.165, 1.54) is 13.2 Å². The molecule has 0 unspecified atom stereocenters. The summed E-state index contributed by atoms with van der Waals surface area (Å²) in [4.78, 5) is 0. The molecule has 3 nitrogen and oxygen atoms in total. The van der Waals surface area contributed by atoms with Crippen LogP contribution in [-0.4, -0.2) is 12.2 Å². The van der Waals surface area contributed by atoms with Crippen LogP contribution >= 0.6 is 15.9 Å². The van der Waals surface area contributed by atoms with E-state index < -0.39 is 0 Å². The Morgan fingerprint density at radius 3 is 2.80 bits per heavy atom. The van der Waals surface area contributed by atoms with Crippen molar-refractivity contribution >= 4 is 21.6 Å². The van der Waals surface area contributed by atoms with Crippen LogP contribution in [0.25, 0.3) is 0 Å². The number of hydrogen-bond acceptors (Lipinski definition) is 3. The lowest BCUT2D eigenvalue weighted by Crippen LogP contribution is -2.02. The van der Waals surface area contributed by atoms with Crippen molar-refractivity contribution in [1.82, 2.24) is 0 Å². The SMILES string of the molecule is COc1cccc(CNc2cc(F)c(Br)cc2C)c1O. The van der Waals surface area contributed by atoms with E-state index in [2.05, 4.69) is 21.2 Å². The Labute approximate surface area is 125 Å². The third-order valence-corrected chi connectivity index (χ3v) is 3.65. The molecule has 0 saturated carbocycles. The van der Waals surface area contributed by atoms with Gasteiger partial charge >= 0.3 is 0 Å². The zero-order valence-electron chi connectivity index (χ0n) is 11.2. The van der Waals surface area contributed by atoms with Crippen molar-refractivity contribution in [3.05, 3.63) is 51.7 Å². The molecule has 20 heavy (non-hydrogen) atoms. The number of para-hydroxylation sites is 1. The summed E-state index contributed by atoms with van der Waals surface area (Å²) in [6.07, 6.45) is 0. The average Bonchev–Trinajstić information content (AvgIpc) is 2.43. The van der Waals surface area contributed by atoms with Crippen molar-refractivity contribution < 1.29 is 14.2 Å². The average molecular weight is 340 g/mol. The van der Waals surface area contributed by atoms with Gasteiger partial charge in [0.05, 0.1) is 11.6 Å². The van der Waals surface area contributed by atoms with Gasteiger partial charge in [0.25, 0.3) is 0 Å². The highest BCUT2D eigenvalue weighted by atomic mass is 79.9. The lowest BCUT2D eigenvalue weighted by molar-refractivity contribution is 0.371. The van der Waals surface area contributed by atoms with Crippen LogP contribution in [0.4, 0.5) is 10.1 Å². The highest BCUT2D eigenvalue weighted by Gasteiger charge is 2.09. The lowest BCUT2D eigenvalue weighted by Gasteiger charge is -2.13. The molecule has 2 N–H and O–H groups in total. The van der Waals surface area contributed by atoms with Crippen LogP contribution in [0.2, 0.25) is 0 Å². The summed E-state index contributed by atoms with van der Waals surface area (Å²) < 4.78 is 19.0. The van der Waals surface area contributed by atoms with Gasteiger partial charge in [-0.2, -0.15) is 0 Å². The minimum absolute atomic E-state index is 0.0951. The Balaban J connectivity index is 2.19. The molecule has 0 aromatic heterocycles. The van der Waals surface area contributed by atoms with Gasteiger partial charge in [0.15, 0.2) is 11.5 Å². The fourth-order valence-corrected chi connectivity index (χ4v) is 2.36. The third-order valence-electron chi connectivity index (χ3n) is 3.04. The number of aromatic hydroxyl groups is 1. The number of hydrogen-bond donors (Lipinski definition) is 2. The molecule has 2 rings (SSSR count). The first-order chi connectivity index (χ1) is 9.52. The van der Waals surface area contributed by atoms with Gasteiger partial charge in [-0.25, -0.2) is 4.39 Å². The van der Waals surface area contributed by atoms with Crippen LogP contribution in [0.1, 0.15) is 11.1 Å². The van der Waals surface area contributed by atoms with E-state index in [4.69, 9.17) is 4.74 Å². The first-order valence-corrected chi connectivity index (χ1v) is 6.86. The second-order valence-corrected chi connectivity index (χ2v) is 5.26. The summed E-state index contributed by atoms with van der Waals surface area (Å²) in [5, 5.41) is 13.1. The molecule has 0 saturated heterocycles. The highest BCUT2D eigenvalue weighted by Crippen LogP contribution is 2.30. The minimum atomic E-state index is -0.326. The van der Waals surface area contributed by atoms with Gasteiger partial charge in [-0.05, 0) is 46.6 Å². The Hall–Kier alpha value is -1.75. The summed E-state index contributed by atoms with van der Waals surface area (Å²) in [5.74, 6) is 0.189. The number of aryl methyl sites for hydroxylation is 1. The summed E-state index contributed by atoms with van der Waals surface area (Å²) in [5.41, 5.74) is 2.29. The fourth-order valence-electron chi connectivity index (χ4n) is 1.90. The van der Waals surface area contributed by atoms with Gasteiger partial charge in [-0.1, -0.05) is 12.1 Å².